The molecule has 0 unspecified atom stereocenters. The molecule has 0 aliphatic carbocycles. The third-order valence-electron chi connectivity index (χ3n) is 7.14. The molecule has 11 heteroatoms. The molecule has 0 saturated carbocycles. The van der Waals surface area contributed by atoms with Gasteiger partial charge in [0.25, 0.3) is 0 Å². The zero-order valence-corrected chi connectivity index (χ0v) is 22.7. The molecule has 1 heterocycles. The summed E-state index contributed by atoms with van der Waals surface area (Å²) in [6, 6.07) is 6.44. The van der Waals surface area contributed by atoms with Gasteiger partial charge in [0.2, 0.25) is 11.8 Å². The number of para-hydroxylation sites is 1. The molecule has 1 saturated heterocycles. The van der Waals surface area contributed by atoms with E-state index in [0.717, 1.165) is 11.1 Å². The van der Waals surface area contributed by atoms with Crippen molar-refractivity contribution in [3.8, 4) is 0 Å². The molecule has 1 aliphatic rings. The Labute approximate surface area is 224 Å². The van der Waals surface area contributed by atoms with Crippen LogP contribution < -0.4 is 10.2 Å². The monoisotopic (exact) mass is 557 g/mol. The molecule has 214 valence electrons. The molecule has 2 amide bonds. The van der Waals surface area contributed by atoms with Crippen molar-refractivity contribution in [1.29, 1.82) is 0 Å². The lowest BCUT2D eigenvalue weighted by Crippen LogP contribution is -2.50. The SMILES string of the molecule is Cc1cccc(C)c1N1C[C@@](CN(C)CC(C)C)(C(=O)Nc2cc(C(F)(F)F)cc(C(F)(F)F)c2)[C@H](C)C1=O. The smallest absolute Gasteiger partial charge is 0.325 e. The number of carbonyl (C=O) groups excluding carboxylic acids is 2. The minimum atomic E-state index is -5.06. The first-order chi connectivity index (χ1) is 17.9. The standard InChI is InChI=1S/C28H33F6N3O2/c1-16(2)13-36(6)14-26(15-37(24(38)19(26)5)23-17(3)8-7-9-18(23)4)25(39)35-22-11-20(27(29,30)31)10-21(12-22)28(32,33)34/h7-12,16,19H,13-15H2,1-6H3,(H,35,39)/t19-,26-/m1/s1. The van der Waals surface area contributed by atoms with Crippen molar-refractivity contribution in [2.24, 2.45) is 17.3 Å². The van der Waals surface area contributed by atoms with Gasteiger partial charge in [-0.15, -0.1) is 0 Å². The highest BCUT2D eigenvalue weighted by atomic mass is 19.4. The quantitative estimate of drug-likeness (QED) is 0.394. The van der Waals surface area contributed by atoms with Crippen LogP contribution in [0.3, 0.4) is 0 Å². The van der Waals surface area contributed by atoms with Gasteiger partial charge in [0.15, 0.2) is 0 Å². The third-order valence-corrected chi connectivity index (χ3v) is 7.14. The van der Waals surface area contributed by atoms with E-state index in [1.807, 2.05) is 50.8 Å². The molecule has 0 bridgehead atoms. The first-order valence-electron chi connectivity index (χ1n) is 12.5. The summed E-state index contributed by atoms with van der Waals surface area (Å²) < 4.78 is 80.6. The van der Waals surface area contributed by atoms with Crippen molar-refractivity contribution in [2.75, 3.05) is 36.9 Å². The molecular formula is C28H33F6N3O2. The molecule has 1 fully saturated rings. The van der Waals surface area contributed by atoms with Crippen molar-refractivity contribution in [3.05, 3.63) is 58.7 Å². The molecule has 1 aliphatic heterocycles. The minimum Gasteiger partial charge on any atom is -0.325 e. The number of rotatable bonds is 7. The van der Waals surface area contributed by atoms with E-state index in [2.05, 4.69) is 5.32 Å². The number of hydrogen-bond acceptors (Lipinski definition) is 3. The number of benzene rings is 2. The number of anilines is 2. The Morgan fingerprint density at radius 2 is 1.56 bits per heavy atom. The first kappa shape index (κ1) is 30.5. The summed E-state index contributed by atoms with van der Waals surface area (Å²) in [5.74, 6) is -1.87. The normalized spacial score (nSPS) is 20.3. The van der Waals surface area contributed by atoms with Gasteiger partial charge < -0.3 is 15.1 Å². The van der Waals surface area contributed by atoms with E-state index in [-0.39, 0.29) is 31.0 Å². The fraction of sp³-hybridized carbons (Fsp3) is 0.500. The predicted molar refractivity (Wildman–Crippen MR) is 137 cm³/mol. The van der Waals surface area contributed by atoms with Gasteiger partial charge >= 0.3 is 12.4 Å². The Bertz CT molecular complexity index is 1190. The Morgan fingerprint density at radius 3 is 2.03 bits per heavy atom. The molecule has 5 nitrogen and oxygen atoms in total. The van der Waals surface area contributed by atoms with Gasteiger partial charge in [-0.1, -0.05) is 39.0 Å². The Kier molecular flexibility index (Phi) is 8.46. The van der Waals surface area contributed by atoms with Crippen molar-refractivity contribution >= 4 is 23.2 Å². The van der Waals surface area contributed by atoms with Crippen LogP contribution in [0.5, 0.6) is 0 Å². The largest absolute Gasteiger partial charge is 0.416 e. The van der Waals surface area contributed by atoms with E-state index >= 15 is 0 Å². The van der Waals surface area contributed by atoms with Crippen molar-refractivity contribution < 1.29 is 35.9 Å². The summed E-state index contributed by atoms with van der Waals surface area (Å²) >= 11 is 0. The maximum atomic E-state index is 13.9. The van der Waals surface area contributed by atoms with Crippen LogP contribution in [-0.4, -0.2) is 43.4 Å². The lowest BCUT2D eigenvalue weighted by atomic mass is 9.77. The molecule has 2 atom stereocenters. The van der Waals surface area contributed by atoms with Crippen LogP contribution in [0.15, 0.2) is 36.4 Å². The number of amides is 2. The molecule has 2 aromatic carbocycles. The highest BCUT2D eigenvalue weighted by Gasteiger charge is 2.56. The number of nitrogens with zero attached hydrogens (tertiary/aromatic N) is 2. The molecule has 3 rings (SSSR count). The van der Waals surface area contributed by atoms with E-state index in [4.69, 9.17) is 0 Å². The summed E-state index contributed by atoms with van der Waals surface area (Å²) in [6.07, 6.45) is -10.1. The second kappa shape index (κ2) is 10.8. The van der Waals surface area contributed by atoms with Gasteiger partial charge in [-0.3, -0.25) is 9.59 Å². The molecular weight excluding hydrogens is 524 g/mol. The van der Waals surface area contributed by atoms with Gasteiger partial charge in [-0.05, 0) is 56.1 Å². The summed E-state index contributed by atoms with van der Waals surface area (Å²) in [4.78, 5) is 30.9. The fourth-order valence-electron chi connectivity index (χ4n) is 5.37. The highest BCUT2D eigenvalue weighted by Crippen LogP contribution is 2.44. The van der Waals surface area contributed by atoms with E-state index in [0.29, 0.717) is 24.4 Å². The first-order valence-corrected chi connectivity index (χ1v) is 12.5. The third kappa shape index (κ3) is 6.40. The maximum Gasteiger partial charge on any atom is 0.416 e. The van der Waals surface area contributed by atoms with Crippen LogP contribution in [0, 0.1) is 31.1 Å². The predicted octanol–water partition coefficient (Wildman–Crippen LogP) is 6.54. The van der Waals surface area contributed by atoms with Gasteiger partial charge in [-0.25, -0.2) is 0 Å². The maximum absolute atomic E-state index is 13.9. The summed E-state index contributed by atoms with van der Waals surface area (Å²) in [7, 11) is 1.76. The highest BCUT2D eigenvalue weighted by molar-refractivity contribution is 6.08. The van der Waals surface area contributed by atoms with Gasteiger partial charge in [0.05, 0.1) is 22.5 Å². The van der Waals surface area contributed by atoms with Crippen LogP contribution >= 0.6 is 0 Å². The molecule has 39 heavy (non-hydrogen) atoms. The number of aryl methyl sites for hydroxylation is 2. The average molecular weight is 558 g/mol. The van der Waals surface area contributed by atoms with E-state index in [9.17, 15) is 35.9 Å². The average Bonchev–Trinajstić information content (AvgIpc) is 3.03. The Balaban J connectivity index is 2.10. The Morgan fingerprint density at radius 1 is 1.05 bits per heavy atom. The summed E-state index contributed by atoms with van der Waals surface area (Å²) in [6.45, 7) is 9.70. The number of halogens is 6. The number of hydrogen-bond donors (Lipinski definition) is 1. The molecule has 0 radical (unpaired) electrons. The number of nitrogens with one attached hydrogen (secondary N) is 1. The van der Waals surface area contributed by atoms with Gasteiger partial charge in [-0.2, -0.15) is 26.3 Å². The van der Waals surface area contributed by atoms with Crippen LogP contribution in [-0.2, 0) is 21.9 Å². The Hall–Kier alpha value is -3.08. The van der Waals surface area contributed by atoms with Crippen molar-refractivity contribution in [2.45, 2.75) is 47.0 Å². The van der Waals surface area contributed by atoms with Crippen molar-refractivity contribution in [3.63, 3.8) is 0 Å². The fourth-order valence-corrected chi connectivity index (χ4v) is 5.37. The van der Waals surface area contributed by atoms with E-state index in [1.165, 1.54) is 4.90 Å². The second-order valence-corrected chi connectivity index (χ2v) is 10.9. The van der Waals surface area contributed by atoms with E-state index in [1.54, 1.807) is 14.0 Å². The topological polar surface area (TPSA) is 52.6 Å². The lowest BCUT2D eigenvalue weighted by molar-refractivity contribution is -0.143. The lowest BCUT2D eigenvalue weighted by Gasteiger charge is -2.35. The summed E-state index contributed by atoms with van der Waals surface area (Å²) in [5, 5.41) is 2.32. The van der Waals surface area contributed by atoms with Gasteiger partial charge in [0.1, 0.15) is 0 Å². The molecule has 1 N–H and O–H groups in total. The van der Waals surface area contributed by atoms with Crippen molar-refractivity contribution in [1.82, 2.24) is 4.90 Å². The second-order valence-electron chi connectivity index (χ2n) is 10.9. The van der Waals surface area contributed by atoms with Crippen LogP contribution in [0.25, 0.3) is 0 Å². The van der Waals surface area contributed by atoms with Crippen LogP contribution in [0.2, 0.25) is 0 Å². The minimum absolute atomic E-state index is 0.00620. The number of alkyl halides is 6. The molecule has 0 spiro atoms. The van der Waals surface area contributed by atoms with E-state index < -0.39 is 46.4 Å². The van der Waals surface area contributed by atoms with Crippen LogP contribution in [0.4, 0.5) is 37.7 Å². The summed E-state index contributed by atoms with van der Waals surface area (Å²) in [5.41, 5.74) is -2.93. The zero-order valence-electron chi connectivity index (χ0n) is 22.7. The molecule has 0 aromatic heterocycles. The zero-order chi connectivity index (χ0) is 29.5. The van der Waals surface area contributed by atoms with Gasteiger partial charge in [0, 0.05) is 31.0 Å². The van der Waals surface area contributed by atoms with Crippen LogP contribution in [0.1, 0.15) is 43.0 Å². The number of carbonyl (C=O) groups is 2. The molecule has 2 aromatic rings.